The molecule has 5 heteroatoms. The Morgan fingerprint density at radius 1 is 1.38 bits per heavy atom. The van der Waals surface area contributed by atoms with Crippen LogP contribution in [0.25, 0.3) is 0 Å². The van der Waals surface area contributed by atoms with E-state index in [1.807, 2.05) is 0 Å². The third kappa shape index (κ3) is 5.94. The Morgan fingerprint density at radius 2 is 1.75 bits per heavy atom. The molecular formula is C3H6F4Si. The fraction of sp³-hybridized carbons (Fsp3) is 1.00. The second kappa shape index (κ2) is 2.48. The molecule has 0 aromatic heterocycles. The molecule has 0 amide bonds. The first kappa shape index (κ1) is 7.94. The van der Waals surface area contributed by atoms with Gasteiger partial charge in [-0.25, -0.2) is 8.78 Å². The predicted molar refractivity (Wildman–Crippen MR) is 24.6 cm³/mol. The minimum atomic E-state index is -4.47. The van der Waals surface area contributed by atoms with E-state index in [1.54, 1.807) is 0 Å². The summed E-state index contributed by atoms with van der Waals surface area (Å²) in [7, 11) is -4.47. The van der Waals surface area contributed by atoms with Gasteiger partial charge in [0.25, 0.3) is 0 Å². The number of halogens is 4. The van der Waals surface area contributed by atoms with Crippen molar-refractivity contribution in [3.05, 3.63) is 0 Å². The van der Waals surface area contributed by atoms with Gasteiger partial charge in [0.15, 0.2) is 0 Å². The van der Waals surface area contributed by atoms with Gasteiger partial charge in [-0.2, -0.15) is 0 Å². The van der Waals surface area contributed by atoms with Gasteiger partial charge in [-0.15, -0.1) is 0 Å². The standard InChI is InChI=1S/C3H6F4Si/c1-8(6,7)2-3(4)5/h3H,2H2,1H3. The van der Waals surface area contributed by atoms with E-state index >= 15 is 0 Å². The zero-order valence-corrected chi connectivity index (χ0v) is 5.30. The lowest BCUT2D eigenvalue weighted by Crippen LogP contribution is -2.19. The van der Waals surface area contributed by atoms with Crippen LogP contribution in [0.15, 0.2) is 0 Å². The van der Waals surface area contributed by atoms with E-state index in [1.165, 1.54) is 0 Å². The van der Waals surface area contributed by atoms with Crippen LogP contribution in [0, 0.1) is 0 Å². The molecule has 0 spiro atoms. The molecule has 0 rings (SSSR count). The average Bonchev–Trinajstić information content (AvgIpc) is 1.21. The largest absolute Gasteiger partial charge is 0.427 e. The van der Waals surface area contributed by atoms with Crippen molar-refractivity contribution in [1.82, 2.24) is 0 Å². The molecule has 0 saturated carbocycles. The van der Waals surface area contributed by atoms with Crippen LogP contribution in [0.4, 0.5) is 17.0 Å². The fourth-order valence-electron chi connectivity index (χ4n) is 0.271. The van der Waals surface area contributed by atoms with Gasteiger partial charge in [0.1, 0.15) is 0 Å². The Bertz CT molecular complexity index is 66.2. The third-order valence-electron chi connectivity index (χ3n) is 0.513. The lowest BCUT2D eigenvalue weighted by atomic mass is 10.9. The van der Waals surface area contributed by atoms with Gasteiger partial charge < -0.3 is 0 Å². The van der Waals surface area contributed by atoms with Crippen LogP contribution in [0.2, 0.25) is 12.6 Å². The molecule has 0 nitrogen and oxygen atoms in total. The van der Waals surface area contributed by atoms with Crippen LogP contribution < -0.4 is 0 Å². The molecule has 0 aromatic carbocycles. The summed E-state index contributed by atoms with van der Waals surface area (Å²) in [5, 5.41) is 0. The first-order valence-electron chi connectivity index (χ1n) is 2.08. The molecule has 0 atom stereocenters. The van der Waals surface area contributed by atoms with Crippen molar-refractivity contribution in [2.45, 2.75) is 19.0 Å². The zero-order chi connectivity index (χ0) is 6.78. The topological polar surface area (TPSA) is 0 Å². The zero-order valence-electron chi connectivity index (χ0n) is 4.30. The smallest absolute Gasteiger partial charge is 0.271 e. The van der Waals surface area contributed by atoms with E-state index in [0.29, 0.717) is 6.55 Å². The fourth-order valence-corrected chi connectivity index (χ4v) is 0.813. The van der Waals surface area contributed by atoms with Crippen molar-refractivity contribution in [3.8, 4) is 0 Å². The minimum absolute atomic E-state index is 0.610. The number of hydrogen-bond donors (Lipinski definition) is 0. The van der Waals surface area contributed by atoms with Gasteiger partial charge in [-0.3, -0.25) is 8.22 Å². The van der Waals surface area contributed by atoms with Gasteiger partial charge >= 0.3 is 8.74 Å². The molecule has 8 heavy (non-hydrogen) atoms. The molecule has 0 N–H and O–H groups in total. The first-order chi connectivity index (χ1) is 3.42. The normalized spacial score (nSPS) is 12.8. The molecule has 0 aromatic rings. The molecule has 0 aliphatic carbocycles. The van der Waals surface area contributed by atoms with Crippen molar-refractivity contribution in [2.75, 3.05) is 0 Å². The van der Waals surface area contributed by atoms with Crippen LogP contribution in [-0.4, -0.2) is 15.2 Å². The average molecular weight is 146 g/mol. The Hall–Kier alpha value is -0.0631. The highest BCUT2D eigenvalue weighted by atomic mass is 28.4. The highest BCUT2D eigenvalue weighted by Gasteiger charge is 2.32. The highest BCUT2D eigenvalue weighted by Crippen LogP contribution is 2.17. The molecule has 0 aliphatic heterocycles. The van der Waals surface area contributed by atoms with Gasteiger partial charge in [-0.05, 0) is 6.55 Å². The van der Waals surface area contributed by atoms with Crippen LogP contribution in [-0.2, 0) is 0 Å². The molecule has 0 unspecified atom stereocenters. The Balaban J connectivity index is 3.39. The predicted octanol–water partition coefficient (Wildman–Crippen LogP) is 2.26. The van der Waals surface area contributed by atoms with Crippen molar-refractivity contribution in [3.63, 3.8) is 0 Å². The van der Waals surface area contributed by atoms with Crippen LogP contribution in [0.5, 0.6) is 0 Å². The Labute approximate surface area is 45.9 Å². The quantitative estimate of drug-likeness (QED) is 0.318. The van der Waals surface area contributed by atoms with E-state index < -0.39 is 21.2 Å². The van der Waals surface area contributed by atoms with Gasteiger partial charge in [-0.1, -0.05) is 0 Å². The number of alkyl halides is 2. The van der Waals surface area contributed by atoms with E-state index in [0.717, 1.165) is 0 Å². The molecule has 0 heterocycles. The van der Waals surface area contributed by atoms with E-state index in [9.17, 15) is 17.0 Å². The van der Waals surface area contributed by atoms with Crippen molar-refractivity contribution >= 4 is 8.74 Å². The molecule has 0 fully saturated rings. The minimum Gasteiger partial charge on any atom is -0.271 e. The van der Waals surface area contributed by atoms with Gasteiger partial charge in [0, 0.05) is 0 Å². The summed E-state index contributed by atoms with van der Waals surface area (Å²) in [5.41, 5.74) is 0. The van der Waals surface area contributed by atoms with E-state index in [4.69, 9.17) is 0 Å². The monoisotopic (exact) mass is 146 g/mol. The third-order valence-corrected chi connectivity index (χ3v) is 1.54. The number of rotatable bonds is 2. The molecule has 0 bridgehead atoms. The first-order valence-corrected chi connectivity index (χ1v) is 4.54. The summed E-state index contributed by atoms with van der Waals surface area (Å²) < 4.78 is 45.4. The van der Waals surface area contributed by atoms with Gasteiger partial charge in [0.2, 0.25) is 6.43 Å². The summed E-state index contributed by atoms with van der Waals surface area (Å²) in [6, 6.07) is -1.20. The Kier molecular flexibility index (Phi) is 2.46. The SMILES string of the molecule is C[Si](F)(F)CC(F)F. The lowest BCUT2D eigenvalue weighted by molar-refractivity contribution is 0.164. The van der Waals surface area contributed by atoms with E-state index in [-0.39, 0.29) is 0 Å². The summed E-state index contributed by atoms with van der Waals surface area (Å²) in [6.07, 6.45) is -2.85. The second-order valence-electron chi connectivity index (χ2n) is 1.67. The maximum atomic E-state index is 11.6. The van der Waals surface area contributed by atoms with Crippen molar-refractivity contribution in [1.29, 1.82) is 0 Å². The van der Waals surface area contributed by atoms with Crippen molar-refractivity contribution in [2.24, 2.45) is 0 Å². The van der Waals surface area contributed by atoms with Crippen LogP contribution in [0.3, 0.4) is 0 Å². The lowest BCUT2D eigenvalue weighted by Gasteiger charge is -2.02. The van der Waals surface area contributed by atoms with Crippen molar-refractivity contribution < 1.29 is 17.0 Å². The van der Waals surface area contributed by atoms with E-state index in [2.05, 4.69) is 0 Å². The summed E-state index contributed by atoms with van der Waals surface area (Å²) in [5.74, 6) is 0. The van der Waals surface area contributed by atoms with Gasteiger partial charge in [0.05, 0.1) is 6.04 Å². The molecule has 0 aliphatic rings. The molecule has 50 valence electrons. The molecule has 0 radical (unpaired) electrons. The summed E-state index contributed by atoms with van der Waals surface area (Å²) in [6.45, 7) is 0.610. The van der Waals surface area contributed by atoms with Crippen LogP contribution >= 0.6 is 0 Å². The summed E-state index contributed by atoms with van der Waals surface area (Å²) in [4.78, 5) is 0. The summed E-state index contributed by atoms with van der Waals surface area (Å²) >= 11 is 0. The molecular weight excluding hydrogens is 140 g/mol. The number of hydrogen-bond acceptors (Lipinski definition) is 0. The highest BCUT2D eigenvalue weighted by molar-refractivity contribution is 6.64. The Morgan fingerprint density at radius 3 is 1.75 bits per heavy atom. The second-order valence-corrected chi connectivity index (χ2v) is 4.21. The maximum Gasteiger partial charge on any atom is 0.427 e. The maximum absolute atomic E-state index is 11.6. The van der Waals surface area contributed by atoms with Crippen LogP contribution in [0.1, 0.15) is 0 Å². The molecule has 0 saturated heterocycles.